The number of carbonyl (C=O) groups is 2. The van der Waals surface area contributed by atoms with Crippen molar-refractivity contribution in [2.24, 2.45) is 0 Å². The summed E-state index contributed by atoms with van der Waals surface area (Å²) in [6.07, 6.45) is 4.84. The highest BCUT2D eigenvalue weighted by Gasteiger charge is 2.26. The number of rotatable bonds is 5. The molecule has 1 aliphatic heterocycles. The van der Waals surface area contributed by atoms with E-state index in [0.717, 1.165) is 6.42 Å². The van der Waals surface area contributed by atoms with Crippen LogP contribution in [0.5, 0.6) is 0 Å². The Balaban J connectivity index is 1.78. The number of carbonyl (C=O) groups excluding carboxylic acids is 2. The van der Waals surface area contributed by atoms with E-state index in [4.69, 9.17) is 11.6 Å². The predicted molar refractivity (Wildman–Crippen MR) is 92.2 cm³/mol. The Bertz CT molecular complexity index is 745. The molecule has 3 rings (SSSR count). The van der Waals surface area contributed by atoms with E-state index in [2.05, 4.69) is 10.4 Å². The second kappa shape index (κ2) is 7.05. The molecule has 7 heteroatoms. The maximum Gasteiger partial charge on any atom is 0.253 e. The number of nitrogens with one attached hydrogen (secondary N) is 1. The third kappa shape index (κ3) is 3.59. The fraction of sp³-hybridized carbons (Fsp3) is 0.353. The van der Waals surface area contributed by atoms with Crippen molar-refractivity contribution in [3.63, 3.8) is 0 Å². The van der Waals surface area contributed by atoms with Gasteiger partial charge in [-0.1, -0.05) is 11.6 Å². The van der Waals surface area contributed by atoms with Gasteiger partial charge in [0.05, 0.1) is 17.8 Å². The highest BCUT2D eigenvalue weighted by molar-refractivity contribution is 6.31. The third-order valence-electron chi connectivity index (χ3n) is 3.97. The summed E-state index contributed by atoms with van der Waals surface area (Å²) in [5, 5.41) is 7.59. The Kier molecular flexibility index (Phi) is 4.85. The molecule has 0 bridgehead atoms. The molecule has 1 aliphatic rings. The Morgan fingerprint density at radius 3 is 2.96 bits per heavy atom. The molecule has 2 amide bonds. The van der Waals surface area contributed by atoms with E-state index < -0.39 is 0 Å². The summed E-state index contributed by atoms with van der Waals surface area (Å²) in [6.45, 7) is 3.10. The molecule has 1 aromatic carbocycles. The first-order chi connectivity index (χ1) is 11.5. The van der Waals surface area contributed by atoms with Crippen LogP contribution in [-0.4, -0.2) is 34.2 Å². The van der Waals surface area contributed by atoms with E-state index >= 15 is 0 Å². The van der Waals surface area contributed by atoms with Crippen LogP contribution in [-0.2, 0) is 11.3 Å². The Hall–Kier alpha value is -2.34. The summed E-state index contributed by atoms with van der Waals surface area (Å²) in [4.78, 5) is 26.3. The van der Waals surface area contributed by atoms with Gasteiger partial charge in [-0.25, -0.2) is 0 Å². The average molecular weight is 347 g/mol. The van der Waals surface area contributed by atoms with Gasteiger partial charge >= 0.3 is 0 Å². The lowest BCUT2D eigenvalue weighted by Crippen LogP contribution is -2.37. The van der Waals surface area contributed by atoms with E-state index in [-0.39, 0.29) is 17.9 Å². The number of aromatic nitrogens is 2. The molecule has 24 heavy (non-hydrogen) atoms. The molecule has 0 unspecified atom stereocenters. The van der Waals surface area contributed by atoms with E-state index in [0.29, 0.717) is 35.8 Å². The first kappa shape index (κ1) is 16.5. The third-order valence-corrected chi connectivity index (χ3v) is 4.20. The van der Waals surface area contributed by atoms with Crippen molar-refractivity contribution < 1.29 is 9.59 Å². The van der Waals surface area contributed by atoms with Crippen LogP contribution in [0.15, 0.2) is 36.7 Å². The molecular weight excluding hydrogens is 328 g/mol. The zero-order valence-electron chi connectivity index (χ0n) is 13.4. The quantitative estimate of drug-likeness (QED) is 0.904. The van der Waals surface area contributed by atoms with Crippen molar-refractivity contribution in [1.29, 1.82) is 0 Å². The van der Waals surface area contributed by atoms with Crippen LogP contribution in [0.4, 0.5) is 5.69 Å². The minimum Gasteiger partial charge on any atom is -0.348 e. The monoisotopic (exact) mass is 346 g/mol. The SMILES string of the molecule is C[C@H](Cn1cccn1)NC(=O)c1ccc(Cl)cc1N1CCCC1=O. The van der Waals surface area contributed by atoms with Gasteiger partial charge < -0.3 is 10.2 Å². The number of hydrogen-bond donors (Lipinski definition) is 1. The lowest BCUT2D eigenvalue weighted by atomic mass is 10.1. The van der Waals surface area contributed by atoms with Gasteiger partial charge in [0.1, 0.15) is 0 Å². The summed E-state index contributed by atoms with van der Waals surface area (Å²) < 4.78 is 1.76. The lowest BCUT2D eigenvalue weighted by Gasteiger charge is -2.21. The lowest BCUT2D eigenvalue weighted by molar-refractivity contribution is -0.117. The zero-order chi connectivity index (χ0) is 17.1. The molecule has 1 fully saturated rings. The van der Waals surface area contributed by atoms with E-state index in [1.54, 1.807) is 34.0 Å². The fourth-order valence-electron chi connectivity index (χ4n) is 2.86. The van der Waals surface area contributed by atoms with Gasteiger partial charge in [0.25, 0.3) is 5.91 Å². The molecule has 126 valence electrons. The smallest absolute Gasteiger partial charge is 0.253 e. The molecule has 1 aromatic heterocycles. The number of halogens is 1. The van der Waals surface area contributed by atoms with Crippen LogP contribution in [0, 0.1) is 0 Å². The number of nitrogens with zero attached hydrogens (tertiary/aromatic N) is 3. The first-order valence-electron chi connectivity index (χ1n) is 7.93. The van der Waals surface area contributed by atoms with E-state index in [1.807, 2.05) is 19.2 Å². The van der Waals surface area contributed by atoms with Gasteiger partial charge in [-0.05, 0) is 37.6 Å². The molecular formula is C17H19ClN4O2. The zero-order valence-corrected chi connectivity index (χ0v) is 14.2. The largest absolute Gasteiger partial charge is 0.348 e. The van der Waals surface area contributed by atoms with Crippen molar-refractivity contribution in [3.05, 3.63) is 47.2 Å². The Labute approximate surface area is 145 Å². The molecule has 1 N–H and O–H groups in total. The van der Waals surface area contributed by atoms with E-state index in [9.17, 15) is 9.59 Å². The summed E-state index contributed by atoms with van der Waals surface area (Å²) in [5.41, 5.74) is 1.04. The van der Waals surface area contributed by atoms with Gasteiger partial charge in [0.15, 0.2) is 0 Å². The number of benzene rings is 1. The van der Waals surface area contributed by atoms with Gasteiger partial charge in [0.2, 0.25) is 5.91 Å². The van der Waals surface area contributed by atoms with Crippen LogP contribution < -0.4 is 10.2 Å². The molecule has 0 radical (unpaired) electrons. The molecule has 2 aromatic rings. The van der Waals surface area contributed by atoms with Crippen molar-refractivity contribution in [3.8, 4) is 0 Å². The normalized spacial score (nSPS) is 15.6. The van der Waals surface area contributed by atoms with Crippen LogP contribution >= 0.6 is 11.6 Å². The van der Waals surface area contributed by atoms with Crippen molar-refractivity contribution in [2.75, 3.05) is 11.4 Å². The highest BCUT2D eigenvalue weighted by Crippen LogP contribution is 2.28. The molecule has 0 aliphatic carbocycles. The molecule has 6 nitrogen and oxygen atoms in total. The van der Waals surface area contributed by atoms with Crippen LogP contribution in [0.25, 0.3) is 0 Å². The highest BCUT2D eigenvalue weighted by atomic mass is 35.5. The second-order valence-electron chi connectivity index (χ2n) is 5.91. The standard InChI is InChI=1S/C17H19ClN4O2/c1-12(11-21-8-3-7-19-21)20-17(24)14-6-5-13(18)10-15(14)22-9-2-4-16(22)23/h3,5-8,10,12H,2,4,9,11H2,1H3,(H,20,24)/t12-/m1/s1. The maximum atomic E-state index is 12.7. The minimum atomic E-state index is -0.221. The Morgan fingerprint density at radius 1 is 1.46 bits per heavy atom. The average Bonchev–Trinajstić information content (AvgIpc) is 3.18. The molecule has 0 saturated carbocycles. The molecule has 0 spiro atoms. The predicted octanol–water partition coefficient (Wildman–Crippen LogP) is 2.48. The van der Waals surface area contributed by atoms with Crippen molar-refractivity contribution >= 4 is 29.1 Å². The van der Waals surface area contributed by atoms with Gasteiger partial charge in [-0.3, -0.25) is 14.3 Å². The van der Waals surface area contributed by atoms with Crippen LogP contribution in [0.2, 0.25) is 5.02 Å². The Morgan fingerprint density at radius 2 is 2.29 bits per heavy atom. The topological polar surface area (TPSA) is 67.2 Å². The van der Waals surface area contributed by atoms with Gasteiger partial charge in [-0.2, -0.15) is 5.10 Å². The maximum absolute atomic E-state index is 12.7. The first-order valence-corrected chi connectivity index (χ1v) is 8.30. The summed E-state index contributed by atoms with van der Waals surface area (Å²) in [6, 6.07) is 6.75. The second-order valence-corrected chi connectivity index (χ2v) is 6.35. The van der Waals surface area contributed by atoms with Crippen molar-refractivity contribution in [2.45, 2.75) is 32.4 Å². The molecule has 1 atom stereocenters. The number of anilines is 1. The molecule has 2 heterocycles. The van der Waals surface area contributed by atoms with Crippen LogP contribution in [0.1, 0.15) is 30.1 Å². The number of hydrogen-bond acceptors (Lipinski definition) is 3. The summed E-state index contributed by atoms with van der Waals surface area (Å²) >= 11 is 6.07. The minimum absolute atomic E-state index is 0.0240. The van der Waals surface area contributed by atoms with Crippen LogP contribution in [0.3, 0.4) is 0 Å². The number of amides is 2. The van der Waals surface area contributed by atoms with Gasteiger partial charge in [0, 0.05) is 36.4 Å². The van der Waals surface area contributed by atoms with Gasteiger partial charge in [-0.15, -0.1) is 0 Å². The molecule has 1 saturated heterocycles. The fourth-order valence-corrected chi connectivity index (χ4v) is 3.03. The van der Waals surface area contributed by atoms with Crippen molar-refractivity contribution in [1.82, 2.24) is 15.1 Å². The summed E-state index contributed by atoms with van der Waals surface area (Å²) in [5.74, 6) is -0.197. The summed E-state index contributed by atoms with van der Waals surface area (Å²) in [7, 11) is 0. The van der Waals surface area contributed by atoms with E-state index in [1.165, 1.54) is 0 Å².